The van der Waals surface area contributed by atoms with Crippen LogP contribution >= 0.6 is 0 Å². The van der Waals surface area contributed by atoms with E-state index in [0.717, 1.165) is 19.0 Å². The highest BCUT2D eigenvalue weighted by Gasteiger charge is 2.29. The second kappa shape index (κ2) is 6.87. The van der Waals surface area contributed by atoms with Gasteiger partial charge in [-0.1, -0.05) is 6.42 Å². The Morgan fingerprint density at radius 3 is 2.60 bits per heavy atom. The molecule has 2 saturated heterocycles. The third-order valence-corrected chi connectivity index (χ3v) is 4.89. The lowest BCUT2D eigenvalue weighted by Crippen LogP contribution is -2.49. The predicted octanol–water partition coefficient (Wildman–Crippen LogP) is 0.530. The van der Waals surface area contributed by atoms with Crippen molar-refractivity contribution in [3.63, 3.8) is 0 Å². The maximum Gasteiger partial charge on any atom is 0.237 e. The Balaban J connectivity index is 1.67. The van der Waals surface area contributed by atoms with Crippen molar-refractivity contribution in [2.24, 2.45) is 11.5 Å². The molecule has 2 aliphatic heterocycles. The van der Waals surface area contributed by atoms with Gasteiger partial charge in [-0.3, -0.25) is 9.69 Å². The van der Waals surface area contributed by atoms with Gasteiger partial charge < -0.3 is 16.4 Å². The van der Waals surface area contributed by atoms with Crippen LogP contribution in [0, 0.1) is 0 Å². The van der Waals surface area contributed by atoms with Crippen LogP contribution in [0.3, 0.4) is 0 Å². The summed E-state index contributed by atoms with van der Waals surface area (Å²) in [6.07, 6.45) is 7.03. The zero-order valence-electron chi connectivity index (χ0n) is 12.8. The van der Waals surface area contributed by atoms with Crippen LogP contribution in [0.4, 0.5) is 0 Å². The van der Waals surface area contributed by atoms with E-state index in [4.69, 9.17) is 11.5 Å². The van der Waals surface area contributed by atoms with Gasteiger partial charge in [-0.05, 0) is 65.2 Å². The second-order valence-corrected chi connectivity index (χ2v) is 6.73. The first-order valence-electron chi connectivity index (χ1n) is 8.04. The molecule has 2 unspecified atom stereocenters. The molecular formula is C15H30N4O. The fourth-order valence-corrected chi connectivity index (χ4v) is 3.39. The largest absolute Gasteiger partial charge is 0.368 e. The van der Waals surface area contributed by atoms with Gasteiger partial charge in [0.25, 0.3) is 0 Å². The standard InChI is InChI=1S/C15H30N4O/c1-15(17,14(16)20)7-5-8-18-11-6-13(12-18)19-9-3-2-4-10-19/h13H,2-12,17H2,1H3,(H2,16,20). The van der Waals surface area contributed by atoms with Crippen molar-refractivity contribution < 1.29 is 4.79 Å². The van der Waals surface area contributed by atoms with Gasteiger partial charge in [0.15, 0.2) is 0 Å². The minimum Gasteiger partial charge on any atom is -0.368 e. The molecule has 0 bridgehead atoms. The first-order valence-corrected chi connectivity index (χ1v) is 8.04. The van der Waals surface area contributed by atoms with Crippen molar-refractivity contribution in [3.8, 4) is 0 Å². The monoisotopic (exact) mass is 282 g/mol. The minimum atomic E-state index is -0.855. The number of hydrogen-bond acceptors (Lipinski definition) is 4. The Bertz CT molecular complexity index is 326. The van der Waals surface area contributed by atoms with Crippen molar-refractivity contribution in [3.05, 3.63) is 0 Å². The molecule has 2 aliphatic rings. The van der Waals surface area contributed by atoms with E-state index in [1.54, 1.807) is 6.92 Å². The van der Waals surface area contributed by atoms with E-state index >= 15 is 0 Å². The summed E-state index contributed by atoms with van der Waals surface area (Å²) >= 11 is 0. The lowest BCUT2D eigenvalue weighted by molar-refractivity contribution is -0.122. The molecule has 1 amide bonds. The number of primary amides is 1. The number of likely N-dealkylation sites (tertiary alicyclic amines) is 2. The van der Waals surface area contributed by atoms with Gasteiger partial charge in [0.05, 0.1) is 5.54 Å². The topological polar surface area (TPSA) is 75.6 Å². The number of rotatable bonds is 6. The Morgan fingerprint density at radius 1 is 1.25 bits per heavy atom. The number of amides is 1. The molecule has 2 rings (SSSR count). The molecule has 2 atom stereocenters. The molecule has 0 aromatic carbocycles. The van der Waals surface area contributed by atoms with Crippen molar-refractivity contribution in [1.82, 2.24) is 9.80 Å². The van der Waals surface area contributed by atoms with Crippen LogP contribution in [0.25, 0.3) is 0 Å². The molecular weight excluding hydrogens is 252 g/mol. The van der Waals surface area contributed by atoms with Crippen molar-refractivity contribution in [2.45, 2.75) is 57.0 Å². The average Bonchev–Trinajstić information content (AvgIpc) is 2.88. The Kier molecular flexibility index (Phi) is 5.41. The molecule has 116 valence electrons. The normalized spacial score (nSPS) is 28.4. The summed E-state index contributed by atoms with van der Waals surface area (Å²) in [6.45, 7) is 7.68. The van der Waals surface area contributed by atoms with Crippen LogP contribution in [-0.4, -0.2) is 60.0 Å². The predicted molar refractivity (Wildman–Crippen MR) is 81.3 cm³/mol. The highest BCUT2D eigenvalue weighted by Crippen LogP contribution is 2.20. The summed E-state index contributed by atoms with van der Waals surface area (Å²) < 4.78 is 0. The lowest BCUT2D eigenvalue weighted by atomic mass is 9.96. The summed E-state index contributed by atoms with van der Waals surface area (Å²) in [4.78, 5) is 16.4. The molecule has 2 fully saturated rings. The number of carbonyl (C=O) groups is 1. The Hall–Kier alpha value is -0.650. The van der Waals surface area contributed by atoms with Crippen LogP contribution in [-0.2, 0) is 4.79 Å². The maximum absolute atomic E-state index is 11.2. The molecule has 0 aromatic heterocycles. The third kappa shape index (κ3) is 4.17. The van der Waals surface area contributed by atoms with E-state index in [0.29, 0.717) is 6.42 Å². The summed E-state index contributed by atoms with van der Waals surface area (Å²) in [5, 5.41) is 0. The first kappa shape index (κ1) is 15.7. The second-order valence-electron chi connectivity index (χ2n) is 6.73. The van der Waals surface area contributed by atoms with Gasteiger partial charge >= 0.3 is 0 Å². The Morgan fingerprint density at radius 2 is 1.95 bits per heavy atom. The molecule has 2 heterocycles. The molecule has 0 saturated carbocycles. The number of hydrogen-bond donors (Lipinski definition) is 2. The molecule has 20 heavy (non-hydrogen) atoms. The molecule has 5 heteroatoms. The number of carbonyl (C=O) groups excluding carboxylic acids is 1. The summed E-state index contributed by atoms with van der Waals surface area (Å²) in [7, 11) is 0. The fraction of sp³-hybridized carbons (Fsp3) is 0.933. The highest BCUT2D eigenvalue weighted by atomic mass is 16.1. The van der Waals surface area contributed by atoms with E-state index in [2.05, 4.69) is 9.80 Å². The molecule has 5 nitrogen and oxygen atoms in total. The van der Waals surface area contributed by atoms with Crippen LogP contribution in [0.5, 0.6) is 0 Å². The highest BCUT2D eigenvalue weighted by molar-refractivity contribution is 5.83. The number of nitrogens with two attached hydrogens (primary N) is 2. The molecule has 0 radical (unpaired) electrons. The molecule has 0 aromatic rings. The van der Waals surface area contributed by atoms with Gasteiger partial charge in [0, 0.05) is 12.6 Å². The van der Waals surface area contributed by atoms with Gasteiger partial charge in [0.2, 0.25) is 5.91 Å². The number of piperidine rings is 1. The minimum absolute atomic E-state index is 0.398. The summed E-state index contributed by atoms with van der Waals surface area (Å²) in [5.74, 6) is -0.398. The molecule has 0 aliphatic carbocycles. The van der Waals surface area contributed by atoms with E-state index in [-0.39, 0.29) is 0 Å². The molecule has 4 N–H and O–H groups in total. The van der Waals surface area contributed by atoms with E-state index in [1.165, 1.54) is 51.9 Å². The quantitative estimate of drug-likeness (QED) is 0.745. The zero-order valence-corrected chi connectivity index (χ0v) is 12.8. The Labute approximate surface area is 122 Å². The average molecular weight is 282 g/mol. The van der Waals surface area contributed by atoms with Gasteiger partial charge in [-0.2, -0.15) is 0 Å². The van der Waals surface area contributed by atoms with E-state index < -0.39 is 11.4 Å². The lowest BCUT2D eigenvalue weighted by Gasteiger charge is -2.32. The smallest absolute Gasteiger partial charge is 0.237 e. The van der Waals surface area contributed by atoms with Crippen LogP contribution in [0.2, 0.25) is 0 Å². The van der Waals surface area contributed by atoms with Gasteiger partial charge in [0.1, 0.15) is 0 Å². The number of nitrogens with zero attached hydrogens (tertiary/aromatic N) is 2. The van der Waals surface area contributed by atoms with Gasteiger partial charge in [-0.15, -0.1) is 0 Å². The summed E-state index contributed by atoms with van der Waals surface area (Å²) in [6, 6.07) is 0.746. The SMILES string of the molecule is CC(N)(CCCN1CCC(N2CCCCC2)C1)C(N)=O. The van der Waals surface area contributed by atoms with Crippen LogP contribution < -0.4 is 11.5 Å². The van der Waals surface area contributed by atoms with Gasteiger partial charge in [-0.25, -0.2) is 0 Å². The van der Waals surface area contributed by atoms with Crippen LogP contribution in [0.1, 0.15) is 45.4 Å². The fourth-order valence-electron chi connectivity index (χ4n) is 3.39. The third-order valence-electron chi connectivity index (χ3n) is 4.89. The van der Waals surface area contributed by atoms with Crippen LogP contribution in [0.15, 0.2) is 0 Å². The zero-order chi connectivity index (χ0) is 14.6. The van der Waals surface area contributed by atoms with Crippen molar-refractivity contribution >= 4 is 5.91 Å². The van der Waals surface area contributed by atoms with E-state index in [1.807, 2.05) is 0 Å². The van der Waals surface area contributed by atoms with Crippen molar-refractivity contribution in [2.75, 3.05) is 32.7 Å². The molecule has 0 spiro atoms. The first-order chi connectivity index (χ1) is 9.49. The van der Waals surface area contributed by atoms with Crippen molar-refractivity contribution in [1.29, 1.82) is 0 Å². The summed E-state index contributed by atoms with van der Waals surface area (Å²) in [5.41, 5.74) is 10.3. The maximum atomic E-state index is 11.2. The van der Waals surface area contributed by atoms with E-state index in [9.17, 15) is 4.79 Å².